The second kappa shape index (κ2) is 7.49. The molecule has 1 N–H and O–H groups in total. The van der Waals surface area contributed by atoms with Crippen molar-refractivity contribution in [1.82, 2.24) is 14.9 Å². The van der Waals surface area contributed by atoms with Gasteiger partial charge in [0.25, 0.3) is 0 Å². The topological polar surface area (TPSA) is 29.9 Å². The van der Waals surface area contributed by atoms with Crippen molar-refractivity contribution in [3.8, 4) is 0 Å². The van der Waals surface area contributed by atoms with Crippen molar-refractivity contribution >= 4 is 0 Å². The zero-order valence-corrected chi connectivity index (χ0v) is 11.7. The molecule has 1 aromatic heterocycles. The van der Waals surface area contributed by atoms with Gasteiger partial charge in [0.2, 0.25) is 0 Å². The van der Waals surface area contributed by atoms with Gasteiger partial charge in [0.15, 0.2) is 0 Å². The standard InChI is InChI=1S/C14H27N3/c1-5-8-17-11-15-9-14(17)10-16-12(4)13(6-2)7-3/h9,11-13,16H,5-8,10H2,1-4H3. The molecule has 0 radical (unpaired) electrons. The van der Waals surface area contributed by atoms with E-state index in [0.29, 0.717) is 6.04 Å². The minimum absolute atomic E-state index is 0.579. The molecule has 17 heavy (non-hydrogen) atoms. The van der Waals surface area contributed by atoms with Crippen molar-refractivity contribution in [3.63, 3.8) is 0 Å². The molecule has 3 nitrogen and oxygen atoms in total. The van der Waals surface area contributed by atoms with Crippen LogP contribution in [-0.2, 0) is 13.1 Å². The first kappa shape index (κ1) is 14.2. The molecule has 0 saturated heterocycles. The van der Waals surface area contributed by atoms with Gasteiger partial charge in [-0.3, -0.25) is 0 Å². The Morgan fingerprint density at radius 1 is 1.29 bits per heavy atom. The third kappa shape index (κ3) is 4.15. The maximum atomic E-state index is 4.23. The number of imidazole rings is 1. The first-order valence-electron chi connectivity index (χ1n) is 6.95. The largest absolute Gasteiger partial charge is 0.333 e. The molecule has 0 amide bonds. The fraction of sp³-hybridized carbons (Fsp3) is 0.786. The lowest BCUT2D eigenvalue weighted by atomic mass is 9.95. The first-order valence-corrected chi connectivity index (χ1v) is 6.95. The Kier molecular flexibility index (Phi) is 6.27. The van der Waals surface area contributed by atoms with Crippen LogP contribution in [0.25, 0.3) is 0 Å². The van der Waals surface area contributed by atoms with E-state index in [9.17, 15) is 0 Å². The van der Waals surface area contributed by atoms with Crippen LogP contribution >= 0.6 is 0 Å². The molecule has 0 fully saturated rings. The summed E-state index contributed by atoms with van der Waals surface area (Å²) in [6.07, 6.45) is 7.56. The number of rotatable bonds is 8. The molecule has 1 aromatic rings. The molecular formula is C14H27N3. The molecule has 0 saturated carbocycles. The Hall–Kier alpha value is -0.830. The van der Waals surface area contributed by atoms with Gasteiger partial charge >= 0.3 is 0 Å². The van der Waals surface area contributed by atoms with Gasteiger partial charge in [-0.25, -0.2) is 4.98 Å². The maximum absolute atomic E-state index is 4.23. The Bertz CT molecular complexity index is 302. The predicted molar refractivity (Wildman–Crippen MR) is 72.9 cm³/mol. The average molecular weight is 237 g/mol. The van der Waals surface area contributed by atoms with Gasteiger partial charge in [-0.05, 0) is 19.3 Å². The summed E-state index contributed by atoms with van der Waals surface area (Å²) >= 11 is 0. The minimum Gasteiger partial charge on any atom is -0.333 e. The lowest BCUT2D eigenvalue weighted by Crippen LogP contribution is -2.33. The van der Waals surface area contributed by atoms with E-state index in [1.807, 2.05) is 12.5 Å². The highest BCUT2D eigenvalue weighted by molar-refractivity contribution is 4.98. The van der Waals surface area contributed by atoms with E-state index in [2.05, 4.69) is 42.6 Å². The molecule has 0 bridgehead atoms. The molecule has 0 aliphatic heterocycles. The van der Waals surface area contributed by atoms with E-state index >= 15 is 0 Å². The molecular weight excluding hydrogens is 210 g/mol. The zero-order valence-electron chi connectivity index (χ0n) is 11.7. The lowest BCUT2D eigenvalue weighted by molar-refractivity contribution is 0.350. The predicted octanol–water partition coefficient (Wildman–Crippen LogP) is 3.21. The third-order valence-electron chi connectivity index (χ3n) is 3.62. The number of hydrogen-bond donors (Lipinski definition) is 1. The van der Waals surface area contributed by atoms with Crippen LogP contribution in [0.3, 0.4) is 0 Å². The summed E-state index contributed by atoms with van der Waals surface area (Å²) in [5.41, 5.74) is 1.30. The van der Waals surface area contributed by atoms with Gasteiger partial charge in [0.1, 0.15) is 0 Å². The van der Waals surface area contributed by atoms with Crippen LogP contribution in [0, 0.1) is 5.92 Å². The van der Waals surface area contributed by atoms with E-state index in [4.69, 9.17) is 0 Å². The lowest BCUT2D eigenvalue weighted by Gasteiger charge is -2.22. The molecule has 0 aliphatic rings. The van der Waals surface area contributed by atoms with E-state index in [-0.39, 0.29) is 0 Å². The van der Waals surface area contributed by atoms with Gasteiger partial charge in [-0.15, -0.1) is 0 Å². The molecule has 1 heterocycles. The van der Waals surface area contributed by atoms with Gasteiger partial charge in [0.05, 0.1) is 12.0 Å². The van der Waals surface area contributed by atoms with E-state index in [1.165, 1.54) is 18.5 Å². The number of hydrogen-bond acceptors (Lipinski definition) is 2. The Morgan fingerprint density at radius 2 is 2.00 bits per heavy atom. The summed E-state index contributed by atoms with van der Waals surface area (Å²) in [4.78, 5) is 4.23. The fourth-order valence-electron chi connectivity index (χ4n) is 2.37. The summed E-state index contributed by atoms with van der Waals surface area (Å²) in [5.74, 6) is 0.776. The fourth-order valence-corrected chi connectivity index (χ4v) is 2.37. The van der Waals surface area contributed by atoms with Crippen LogP contribution in [0.2, 0.25) is 0 Å². The SMILES string of the molecule is CCCn1cncc1CNC(C)C(CC)CC. The number of nitrogens with zero attached hydrogens (tertiary/aromatic N) is 2. The van der Waals surface area contributed by atoms with Crippen LogP contribution in [0.5, 0.6) is 0 Å². The highest BCUT2D eigenvalue weighted by Crippen LogP contribution is 2.13. The number of aromatic nitrogens is 2. The molecule has 1 unspecified atom stereocenters. The van der Waals surface area contributed by atoms with Crippen LogP contribution in [-0.4, -0.2) is 15.6 Å². The van der Waals surface area contributed by atoms with Gasteiger partial charge in [0, 0.05) is 25.3 Å². The van der Waals surface area contributed by atoms with E-state index in [0.717, 1.165) is 25.4 Å². The molecule has 0 aliphatic carbocycles. The summed E-state index contributed by atoms with van der Waals surface area (Å²) in [6.45, 7) is 11.0. The first-order chi connectivity index (χ1) is 8.22. The molecule has 3 heteroatoms. The smallest absolute Gasteiger partial charge is 0.0948 e. The van der Waals surface area contributed by atoms with Crippen molar-refractivity contribution in [2.75, 3.05) is 0 Å². The van der Waals surface area contributed by atoms with Gasteiger partial charge in [-0.1, -0.05) is 33.6 Å². The quantitative estimate of drug-likeness (QED) is 0.752. The minimum atomic E-state index is 0.579. The number of aryl methyl sites for hydroxylation is 1. The second-order valence-electron chi connectivity index (χ2n) is 4.82. The molecule has 98 valence electrons. The third-order valence-corrected chi connectivity index (χ3v) is 3.62. The van der Waals surface area contributed by atoms with Crippen LogP contribution in [0.15, 0.2) is 12.5 Å². The summed E-state index contributed by atoms with van der Waals surface area (Å²) in [7, 11) is 0. The zero-order chi connectivity index (χ0) is 12.7. The molecule has 1 rings (SSSR count). The van der Waals surface area contributed by atoms with Crippen molar-refractivity contribution in [2.24, 2.45) is 5.92 Å². The highest BCUT2D eigenvalue weighted by atomic mass is 15.1. The summed E-state index contributed by atoms with van der Waals surface area (Å²) in [5, 5.41) is 3.62. The van der Waals surface area contributed by atoms with Crippen molar-refractivity contribution in [1.29, 1.82) is 0 Å². The van der Waals surface area contributed by atoms with E-state index in [1.54, 1.807) is 0 Å². The normalized spacial score (nSPS) is 13.2. The Balaban J connectivity index is 2.46. The summed E-state index contributed by atoms with van der Waals surface area (Å²) in [6, 6.07) is 0.579. The second-order valence-corrected chi connectivity index (χ2v) is 4.82. The highest BCUT2D eigenvalue weighted by Gasteiger charge is 2.13. The van der Waals surface area contributed by atoms with Crippen molar-refractivity contribution < 1.29 is 0 Å². The van der Waals surface area contributed by atoms with Crippen molar-refractivity contribution in [3.05, 3.63) is 18.2 Å². The maximum Gasteiger partial charge on any atom is 0.0948 e. The Labute approximate surface area is 106 Å². The van der Waals surface area contributed by atoms with Gasteiger partial charge in [-0.2, -0.15) is 0 Å². The average Bonchev–Trinajstić information content (AvgIpc) is 2.76. The van der Waals surface area contributed by atoms with Crippen LogP contribution in [0.1, 0.15) is 52.7 Å². The monoisotopic (exact) mass is 237 g/mol. The molecule has 1 atom stereocenters. The van der Waals surface area contributed by atoms with Gasteiger partial charge < -0.3 is 9.88 Å². The van der Waals surface area contributed by atoms with E-state index < -0.39 is 0 Å². The van der Waals surface area contributed by atoms with Crippen LogP contribution in [0.4, 0.5) is 0 Å². The Morgan fingerprint density at radius 3 is 2.59 bits per heavy atom. The summed E-state index contributed by atoms with van der Waals surface area (Å²) < 4.78 is 2.24. The molecule has 0 spiro atoms. The van der Waals surface area contributed by atoms with Crippen LogP contribution < -0.4 is 5.32 Å². The molecule has 0 aromatic carbocycles. The van der Waals surface area contributed by atoms with Crippen molar-refractivity contribution in [2.45, 2.75) is 66.1 Å². The number of nitrogens with one attached hydrogen (secondary N) is 1.